The third kappa shape index (κ3) is 2.31. The minimum atomic E-state index is 0.0213. The van der Waals surface area contributed by atoms with Gasteiger partial charge in [0.05, 0.1) is 22.4 Å². The molecule has 0 saturated carbocycles. The molecule has 0 bridgehead atoms. The van der Waals surface area contributed by atoms with Crippen LogP contribution in [0.15, 0.2) is 78.9 Å². The Morgan fingerprint density at radius 2 is 1.47 bits per heavy atom. The van der Waals surface area contributed by atoms with Gasteiger partial charge in [-0.3, -0.25) is 0 Å². The van der Waals surface area contributed by atoms with Crippen molar-refractivity contribution in [2.45, 2.75) is 26.2 Å². The molecule has 30 heavy (non-hydrogen) atoms. The second-order valence-electron chi connectivity index (χ2n) is 8.74. The molecule has 0 N–H and O–H groups in total. The van der Waals surface area contributed by atoms with Crippen molar-refractivity contribution in [3.05, 3.63) is 95.7 Å². The third-order valence-electron chi connectivity index (χ3n) is 6.59. The molecule has 0 aliphatic heterocycles. The molecule has 1 heterocycles. The van der Waals surface area contributed by atoms with Gasteiger partial charge in [-0.2, -0.15) is 0 Å². The largest absolute Gasteiger partial charge is 0.249 e. The van der Waals surface area contributed by atoms with Crippen LogP contribution in [0.25, 0.3) is 44.2 Å². The van der Waals surface area contributed by atoms with Gasteiger partial charge in [-0.05, 0) is 46.7 Å². The summed E-state index contributed by atoms with van der Waals surface area (Å²) in [6.45, 7) is 6.68. The lowest BCUT2D eigenvalue weighted by Crippen LogP contribution is -2.14. The Morgan fingerprint density at radius 3 is 2.37 bits per heavy atom. The molecule has 0 atom stereocenters. The van der Waals surface area contributed by atoms with E-state index in [0.717, 1.165) is 33.4 Å². The van der Waals surface area contributed by atoms with Gasteiger partial charge in [0.2, 0.25) is 0 Å². The summed E-state index contributed by atoms with van der Waals surface area (Å²) >= 11 is 0. The number of nitrogens with zero attached hydrogens (tertiary/aromatic N) is 2. The highest BCUT2D eigenvalue weighted by Gasteiger charge is 2.35. The molecule has 4 aromatic carbocycles. The molecule has 0 radical (unpaired) electrons. The van der Waals surface area contributed by atoms with Crippen molar-refractivity contribution in [1.29, 1.82) is 0 Å². The van der Waals surface area contributed by atoms with Gasteiger partial charge >= 0.3 is 0 Å². The van der Waals surface area contributed by atoms with Crippen LogP contribution in [0.2, 0.25) is 0 Å². The SMILES string of the molecule is Cc1nc2c(ccc3ccccc32)nc1-c1ccc2c(c1)-c1ccccc1C2(C)C. The van der Waals surface area contributed by atoms with E-state index >= 15 is 0 Å². The first-order valence-corrected chi connectivity index (χ1v) is 10.4. The predicted octanol–water partition coefficient (Wildman–Crippen LogP) is 7.06. The summed E-state index contributed by atoms with van der Waals surface area (Å²) in [6, 6.07) is 28.1. The Bertz CT molecular complexity index is 1480. The molecular weight excluding hydrogens is 364 g/mol. The number of aryl methyl sites for hydroxylation is 1. The van der Waals surface area contributed by atoms with Crippen molar-refractivity contribution in [3.8, 4) is 22.4 Å². The van der Waals surface area contributed by atoms with Crippen LogP contribution < -0.4 is 0 Å². The first-order valence-electron chi connectivity index (χ1n) is 10.4. The predicted molar refractivity (Wildman–Crippen MR) is 125 cm³/mol. The van der Waals surface area contributed by atoms with E-state index in [-0.39, 0.29) is 5.41 Å². The summed E-state index contributed by atoms with van der Waals surface area (Å²) < 4.78 is 0. The molecule has 1 aliphatic rings. The second-order valence-corrected chi connectivity index (χ2v) is 8.74. The Balaban J connectivity index is 1.58. The number of fused-ring (bicyclic) bond motifs is 6. The highest BCUT2D eigenvalue weighted by atomic mass is 14.8. The van der Waals surface area contributed by atoms with Gasteiger partial charge in [0.15, 0.2) is 0 Å². The van der Waals surface area contributed by atoms with Gasteiger partial charge in [-0.15, -0.1) is 0 Å². The molecule has 144 valence electrons. The van der Waals surface area contributed by atoms with Crippen molar-refractivity contribution >= 4 is 21.8 Å². The molecule has 5 aromatic rings. The van der Waals surface area contributed by atoms with Crippen molar-refractivity contribution in [2.24, 2.45) is 0 Å². The van der Waals surface area contributed by atoms with Gasteiger partial charge in [0.1, 0.15) is 0 Å². The summed E-state index contributed by atoms with van der Waals surface area (Å²) in [6.07, 6.45) is 0. The van der Waals surface area contributed by atoms with E-state index in [1.54, 1.807) is 0 Å². The summed E-state index contributed by atoms with van der Waals surface area (Å²) in [5.41, 5.74) is 10.4. The Kier molecular flexibility index (Phi) is 3.47. The fourth-order valence-corrected chi connectivity index (χ4v) is 5.01. The van der Waals surface area contributed by atoms with E-state index in [1.165, 1.54) is 27.6 Å². The van der Waals surface area contributed by atoms with Crippen LogP contribution in [0, 0.1) is 6.92 Å². The second kappa shape index (κ2) is 5.99. The minimum Gasteiger partial charge on any atom is -0.249 e. The van der Waals surface area contributed by atoms with Crippen LogP contribution in [-0.4, -0.2) is 9.97 Å². The van der Waals surface area contributed by atoms with Crippen molar-refractivity contribution in [3.63, 3.8) is 0 Å². The highest BCUT2D eigenvalue weighted by Crippen LogP contribution is 2.49. The van der Waals surface area contributed by atoms with Gasteiger partial charge in [-0.25, -0.2) is 9.97 Å². The highest BCUT2D eigenvalue weighted by molar-refractivity contribution is 6.04. The Morgan fingerprint density at radius 1 is 0.700 bits per heavy atom. The van der Waals surface area contributed by atoms with Crippen molar-refractivity contribution in [2.75, 3.05) is 0 Å². The van der Waals surface area contributed by atoms with Crippen LogP contribution in [-0.2, 0) is 5.41 Å². The number of aromatic nitrogens is 2. The standard InChI is InChI=1S/C28H22N2/c1-17-26(30-25-15-13-18-8-4-5-9-20(18)27(25)29-17)19-12-14-24-22(16-19)21-10-6-7-11-23(21)28(24,2)3/h4-16H,1-3H3. The number of hydrogen-bond donors (Lipinski definition) is 0. The first kappa shape index (κ1) is 17.3. The summed E-state index contributed by atoms with van der Waals surface area (Å²) in [4.78, 5) is 10.0. The fourth-order valence-electron chi connectivity index (χ4n) is 5.01. The zero-order valence-electron chi connectivity index (χ0n) is 17.4. The van der Waals surface area contributed by atoms with E-state index in [0.29, 0.717) is 0 Å². The molecule has 0 amide bonds. The van der Waals surface area contributed by atoms with Crippen LogP contribution in [0.1, 0.15) is 30.7 Å². The molecule has 6 rings (SSSR count). The van der Waals surface area contributed by atoms with E-state index in [9.17, 15) is 0 Å². The number of hydrogen-bond acceptors (Lipinski definition) is 2. The lowest BCUT2D eigenvalue weighted by molar-refractivity contribution is 0.660. The Labute approximate surface area is 176 Å². The average Bonchev–Trinajstić information content (AvgIpc) is 3.00. The molecule has 2 heteroatoms. The van der Waals surface area contributed by atoms with E-state index < -0.39 is 0 Å². The van der Waals surface area contributed by atoms with Gasteiger partial charge in [0.25, 0.3) is 0 Å². The van der Waals surface area contributed by atoms with E-state index in [2.05, 4.69) is 99.6 Å². The molecule has 1 aliphatic carbocycles. The minimum absolute atomic E-state index is 0.0213. The van der Waals surface area contributed by atoms with Gasteiger partial charge in [0, 0.05) is 16.4 Å². The number of benzene rings is 4. The topological polar surface area (TPSA) is 25.8 Å². The monoisotopic (exact) mass is 386 g/mol. The first-order chi connectivity index (χ1) is 14.5. The van der Waals surface area contributed by atoms with Crippen molar-refractivity contribution in [1.82, 2.24) is 9.97 Å². The quantitative estimate of drug-likeness (QED) is 0.288. The smallest absolute Gasteiger partial charge is 0.0968 e. The Hall–Kier alpha value is -3.52. The maximum Gasteiger partial charge on any atom is 0.0968 e. The maximum atomic E-state index is 5.05. The third-order valence-corrected chi connectivity index (χ3v) is 6.59. The zero-order chi connectivity index (χ0) is 20.5. The van der Waals surface area contributed by atoms with E-state index in [1.807, 2.05) is 0 Å². The molecule has 0 spiro atoms. The van der Waals surface area contributed by atoms with Crippen LogP contribution in [0.5, 0.6) is 0 Å². The van der Waals surface area contributed by atoms with Crippen LogP contribution >= 0.6 is 0 Å². The van der Waals surface area contributed by atoms with Crippen LogP contribution in [0.4, 0.5) is 0 Å². The van der Waals surface area contributed by atoms with E-state index in [4.69, 9.17) is 9.97 Å². The summed E-state index contributed by atoms with van der Waals surface area (Å²) in [5.74, 6) is 0. The lowest BCUT2D eigenvalue weighted by Gasteiger charge is -2.21. The lowest BCUT2D eigenvalue weighted by atomic mass is 9.82. The average molecular weight is 386 g/mol. The van der Waals surface area contributed by atoms with Gasteiger partial charge in [-0.1, -0.05) is 80.6 Å². The van der Waals surface area contributed by atoms with Crippen molar-refractivity contribution < 1.29 is 0 Å². The summed E-state index contributed by atoms with van der Waals surface area (Å²) in [7, 11) is 0. The van der Waals surface area contributed by atoms with Gasteiger partial charge < -0.3 is 0 Å². The summed E-state index contributed by atoms with van der Waals surface area (Å²) in [5, 5.41) is 2.35. The fraction of sp³-hybridized carbons (Fsp3) is 0.143. The molecule has 0 unspecified atom stereocenters. The van der Waals surface area contributed by atoms with Crippen LogP contribution in [0.3, 0.4) is 0 Å². The molecular formula is C28H22N2. The molecule has 0 fully saturated rings. The molecule has 1 aromatic heterocycles. The molecule has 2 nitrogen and oxygen atoms in total. The normalized spacial score (nSPS) is 14.1. The zero-order valence-corrected chi connectivity index (χ0v) is 17.4. The maximum absolute atomic E-state index is 5.05. The molecule has 0 saturated heterocycles. The number of rotatable bonds is 1.